The van der Waals surface area contributed by atoms with Gasteiger partial charge in [0.2, 0.25) is 0 Å². The van der Waals surface area contributed by atoms with Crippen LogP contribution >= 0.6 is 27.7 Å². The molecule has 1 aromatic carbocycles. The minimum atomic E-state index is -0.538. The molecular formula is C18H19BrN2O5S. The number of halogens is 1. The maximum atomic E-state index is 12.5. The molecule has 144 valence electrons. The highest BCUT2D eigenvalue weighted by atomic mass is 79.9. The van der Waals surface area contributed by atoms with Gasteiger partial charge in [0.1, 0.15) is 10.8 Å². The monoisotopic (exact) mass is 454 g/mol. The number of non-ortho nitro benzene ring substituents is 1. The van der Waals surface area contributed by atoms with Crippen molar-refractivity contribution in [1.82, 2.24) is 0 Å². The Morgan fingerprint density at radius 1 is 1.48 bits per heavy atom. The molecule has 0 bridgehead atoms. The average Bonchev–Trinajstić information content (AvgIpc) is 3.01. The average molecular weight is 455 g/mol. The quantitative estimate of drug-likeness (QED) is 0.302. The van der Waals surface area contributed by atoms with Crippen molar-refractivity contribution in [1.29, 1.82) is 0 Å². The number of phenolic OH excluding ortho intramolecular Hbond substituents is 1. The number of rotatable bonds is 5. The van der Waals surface area contributed by atoms with Crippen LogP contribution in [-0.2, 0) is 9.53 Å². The van der Waals surface area contributed by atoms with Crippen LogP contribution in [0.1, 0.15) is 38.2 Å². The highest BCUT2D eigenvalue weighted by Crippen LogP contribution is 2.49. The minimum absolute atomic E-state index is 0.125. The first-order valence-corrected chi connectivity index (χ1v) is 10.4. The minimum Gasteiger partial charge on any atom is -0.506 e. The molecule has 0 saturated heterocycles. The first-order valence-electron chi connectivity index (χ1n) is 8.71. The highest BCUT2D eigenvalue weighted by molar-refractivity contribution is 9.10. The van der Waals surface area contributed by atoms with E-state index in [1.807, 2.05) is 0 Å². The predicted molar refractivity (Wildman–Crippen MR) is 107 cm³/mol. The number of benzene rings is 1. The van der Waals surface area contributed by atoms with E-state index in [2.05, 4.69) is 20.9 Å². The molecule has 1 N–H and O–H groups in total. The van der Waals surface area contributed by atoms with E-state index in [9.17, 15) is 20.0 Å². The van der Waals surface area contributed by atoms with Crippen molar-refractivity contribution in [2.75, 3.05) is 6.61 Å². The number of thioether (sulfide) groups is 1. The maximum Gasteiger partial charge on any atom is 0.337 e. The number of carbonyl (C=O) groups is 1. The zero-order valence-corrected chi connectivity index (χ0v) is 17.1. The third kappa shape index (κ3) is 4.19. The van der Waals surface area contributed by atoms with E-state index >= 15 is 0 Å². The lowest BCUT2D eigenvalue weighted by Crippen LogP contribution is -2.24. The van der Waals surface area contributed by atoms with Crippen LogP contribution in [0.2, 0.25) is 0 Å². The Kier molecular flexibility index (Phi) is 6.21. The molecule has 2 atom stereocenters. The number of phenols is 1. The molecule has 7 nitrogen and oxygen atoms in total. The van der Waals surface area contributed by atoms with Crippen molar-refractivity contribution in [3.8, 4) is 5.75 Å². The molecule has 0 amide bonds. The van der Waals surface area contributed by atoms with Crippen LogP contribution in [0.4, 0.5) is 5.69 Å². The maximum absolute atomic E-state index is 12.5. The van der Waals surface area contributed by atoms with Gasteiger partial charge in [0, 0.05) is 35.1 Å². The lowest BCUT2D eigenvalue weighted by molar-refractivity contribution is -0.385. The van der Waals surface area contributed by atoms with Gasteiger partial charge in [0.15, 0.2) is 0 Å². The molecule has 1 fully saturated rings. The van der Waals surface area contributed by atoms with E-state index in [1.54, 1.807) is 18.7 Å². The Morgan fingerprint density at radius 3 is 2.93 bits per heavy atom. The van der Waals surface area contributed by atoms with Crippen molar-refractivity contribution in [2.24, 2.45) is 10.9 Å². The predicted octanol–water partition coefficient (Wildman–Crippen LogP) is 4.56. The molecule has 0 aromatic heterocycles. The largest absolute Gasteiger partial charge is 0.506 e. The van der Waals surface area contributed by atoms with E-state index in [0.717, 1.165) is 25.7 Å². The molecule has 1 aromatic rings. The van der Waals surface area contributed by atoms with Gasteiger partial charge in [-0.15, -0.1) is 11.8 Å². The fourth-order valence-electron chi connectivity index (χ4n) is 3.42. The number of carbonyl (C=O) groups excluding carboxylic acids is 1. The Hall–Kier alpha value is -1.87. The molecule has 2 unspecified atom stereocenters. The van der Waals surface area contributed by atoms with Crippen LogP contribution in [-0.4, -0.2) is 34.1 Å². The molecular weight excluding hydrogens is 436 g/mol. The summed E-state index contributed by atoms with van der Waals surface area (Å²) in [6.45, 7) is 2.06. The number of hydrogen-bond acceptors (Lipinski definition) is 7. The Bertz CT molecular complexity index is 839. The van der Waals surface area contributed by atoms with E-state index < -0.39 is 4.92 Å². The van der Waals surface area contributed by atoms with Gasteiger partial charge in [-0.2, -0.15) is 0 Å². The number of nitro benzene ring substituents is 1. The molecule has 0 spiro atoms. The lowest BCUT2D eigenvalue weighted by atomic mass is 9.84. The van der Waals surface area contributed by atoms with E-state index in [0.29, 0.717) is 22.5 Å². The third-order valence-electron chi connectivity index (χ3n) is 4.67. The number of nitro groups is 1. The summed E-state index contributed by atoms with van der Waals surface area (Å²) in [5.74, 6) is -0.362. The Balaban J connectivity index is 1.97. The van der Waals surface area contributed by atoms with Crippen LogP contribution in [0.3, 0.4) is 0 Å². The van der Waals surface area contributed by atoms with Crippen molar-refractivity contribution >= 4 is 45.6 Å². The summed E-state index contributed by atoms with van der Waals surface area (Å²) in [6, 6.07) is 2.48. The number of aromatic hydroxyl groups is 1. The topological polar surface area (TPSA) is 102 Å². The van der Waals surface area contributed by atoms with Gasteiger partial charge in [0.25, 0.3) is 5.69 Å². The summed E-state index contributed by atoms with van der Waals surface area (Å²) in [7, 11) is 0. The highest BCUT2D eigenvalue weighted by Gasteiger charge is 2.41. The third-order valence-corrected chi connectivity index (χ3v) is 6.69. The summed E-state index contributed by atoms with van der Waals surface area (Å²) in [6.07, 6.45) is 5.51. The van der Waals surface area contributed by atoms with Crippen LogP contribution in [0, 0.1) is 16.0 Å². The fourth-order valence-corrected chi connectivity index (χ4v) is 5.36. The van der Waals surface area contributed by atoms with Gasteiger partial charge < -0.3 is 9.84 Å². The van der Waals surface area contributed by atoms with Crippen LogP contribution in [0.5, 0.6) is 5.75 Å². The normalized spacial score (nSPS) is 22.1. The van der Waals surface area contributed by atoms with Gasteiger partial charge in [-0.3, -0.25) is 10.1 Å². The standard InChI is InChI=1S/C18H19BrN2O5S/c1-2-26-18(23)15-12-5-3-4-6-14(12)27-17(15)20-9-10-7-11(21(24)25)8-13(19)16(10)22/h7-9,12,14,22H,2-6H2,1H3/b20-9+. The summed E-state index contributed by atoms with van der Waals surface area (Å²) in [4.78, 5) is 27.4. The van der Waals surface area contributed by atoms with Crippen molar-refractivity contribution in [3.05, 3.63) is 42.9 Å². The molecule has 2 aliphatic rings. The van der Waals surface area contributed by atoms with Crippen LogP contribution < -0.4 is 0 Å². The van der Waals surface area contributed by atoms with Gasteiger partial charge in [0.05, 0.1) is 21.6 Å². The molecule has 0 radical (unpaired) electrons. The second-order valence-corrected chi connectivity index (χ2v) is 8.45. The number of aliphatic imine (C=N–C) groups is 1. The molecule has 1 heterocycles. The Morgan fingerprint density at radius 2 is 2.22 bits per heavy atom. The number of esters is 1. The van der Waals surface area contributed by atoms with E-state index in [1.165, 1.54) is 18.3 Å². The van der Waals surface area contributed by atoms with Crippen molar-refractivity contribution < 1.29 is 19.6 Å². The molecule has 1 saturated carbocycles. The van der Waals surface area contributed by atoms with Crippen molar-refractivity contribution in [3.63, 3.8) is 0 Å². The summed E-state index contributed by atoms with van der Waals surface area (Å²) in [5, 5.41) is 22.1. The number of ether oxygens (including phenoxy) is 1. The first-order chi connectivity index (χ1) is 12.9. The smallest absolute Gasteiger partial charge is 0.337 e. The molecule has 9 heteroatoms. The fraction of sp³-hybridized carbons (Fsp3) is 0.444. The van der Waals surface area contributed by atoms with Gasteiger partial charge >= 0.3 is 5.97 Å². The van der Waals surface area contributed by atoms with Crippen LogP contribution in [0.15, 0.2) is 32.2 Å². The summed E-state index contributed by atoms with van der Waals surface area (Å²) >= 11 is 4.67. The second kappa shape index (κ2) is 8.43. The molecule has 3 rings (SSSR count). The van der Waals surface area contributed by atoms with E-state index in [-0.39, 0.29) is 33.4 Å². The molecule has 1 aliphatic heterocycles. The first kappa shape index (κ1) is 19.9. The Labute approximate surface area is 169 Å². The number of hydrogen-bond donors (Lipinski definition) is 1. The number of fused-ring (bicyclic) bond motifs is 1. The zero-order chi connectivity index (χ0) is 19.6. The summed E-state index contributed by atoms with van der Waals surface area (Å²) in [5.41, 5.74) is 0.641. The van der Waals surface area contributed by atoms with Gasteiger partial charge in [-0.1, -0.05) is 12.8 Å². The SMILES string of the molecule is CCOC(=O)C1=C(/N=C/c2cc([N+](=O)[O-])cc(Br)c2O)SC2CCCCC12. The molecule has 27 heavy (non-hydrogen) atoms. The number of nitrogens with zero attached hydrogens (tertiary/aromatic N) is 2. The van der Waals surface area contributed by atoms with Crippen LogP contribution in [0.25, 0.3) is 0 Å². The van der Waals surface area contributed by atoms with Gasteiger partial charge in [-0.05, 0) is 35.7 Å². The molecule has 1 aliphatic carbocycles. The lowest BCUT2D eigenvalue weighted by Gasteiger charge is -2.25. The van der Waals surface area contributed by atoms with Gasteiger partial charge in [-0.25, -0.2) is 9.79 Å². The second-order valence-electron chi connectivity index (χ2n) is 6.37. The zero-order valence-electron chi connectivity index (χ0n) is 14.7. The van der Waals surface area contributed by atoms with E-state index in [4.69, 9.17) is 4.74 Å². The van der Waals surface area contributed by atoms with Crippen molar-refractivity contribution in [2.45, 2.75) is 37.9 Å². The summed E-state index contributed by atoms with van der Waals surface area (Å²) < 4.78 is 5.43.